The topological polar surface area (TPSA) is 64.3 Å². The van der Waals surface area contributed by atoms with Crippen molar-refractivity contribution < 1.29 is 9.53 Å². The van der Waals surface area contributed by atoms with E-state index in [0.717, 1.165) is 23.3 Å². The summed E-state index contributed by atoms with van der Waals surface area (Å²) in [6.07, 6.45) is 1.12. The molecule has 0 radical (unpaired) electrons. The Hall–Kier alpha value is -2.33. The molecule has 4 nitrogen and oxygen atoms in total. The molecule has 0 spiro atoms. The average Bonchev–Trinajstić information content (AvgIpc) is 2.84. The molecule has 0 aliphatic heterocycles. The lowest BCUT2D eigenvalue weighted by Crippen LogP contribution is -2.41. The Balaban J connectivity index is 1.63. The van der Waals surface area contributed by atoms with Crippen LogP contribution >= 0.6 is 0 Å². The highest BCUT2D eigenvalue weighted by atomic mass is 16.5. The van der Waals surface area contributed by atoms with Crippen LogP contribution in [0.4, 0.5) is 0 Å². The number of ether oxygens (including phenoxy) is 1. The molecule has 4 heteroatoms. The third kappa shape index (κ3) is 2.97. The Kier molecular flexibility index (Phi) is 4.11. The zero-order valence-corrected chi connectivity index (χ0v) is 12.6. The van der Waals surface area contributed by atoms with Crippen LogP contribution in [0.25, 0.3) is 0 Å². The van der Waals surface area contributed by atoms with Crippen LogP contribution in [0.2, 0.25) is 0 Å². The van der Waals surface area contributed by atoms with Crippen molar-refractivity contribution in [3.8, 4) is 5.75 Å². The van der Waals surface area contributed by atoms with Gasteiger partial charge in [-0.3, -0.25) is 4.79 Å². The fourth-order valence-corrected chi connectivity index (χ4v) is 2.99. The molecule has 0 heterocycles. The molecule has 3 rings (SSSR count). The van der Waals surface area contributed by atoms with Crippen LogP contribution in [-0.4, -0.2) is 19.1 Å². The van der Waals surface area contributed by atoms with E-state index in [2.05, 4.69) is 11.4 Å². The quantitative estimate of drug-likeness (QED) is 0.906. The molecule has 114 valence electrons. The van der Waals surface area contributed by atoms with Gasteiger partial charge in [0.25, 0.3) is 0 Å². The standard InChI is InChI=1S/C18H20N2O2/c1-22-14-7-4-5-12(9-14)10-17(21)20-16-11-13-6-2-3-8-15(13)18(16)19/h2-9,16,18H,10-11,19H2,1H3,(H,20,21)/t16-,18-/m1/s1. The fourth-order valence-electron chi connectivity index (χ4n) is 2.99. The van der Waals surface area contributed by atoms with E-state index >= 15 is 0 Å². The summed E-state index contributed by atoms with van der Waals surface area (Å²) < 4.78 is 5.18. The predicted molar refractivity (Wildman–Crippen MR) is 85.7 cm³/mol. The number of hydrogen-bond acceptors (Lipinski definition) is 3. The maximum atomic E-state index is 12.3. The SMILES string of the molecule is COc1cccc(CC(=O)N[C@@H]2Cc3ccccc3[C@H]2N)c1. The molecular formula is C18H20N2O2. The lowest BCUT2D eigenvalue weighted by molar-refractivity contribution is -0.121. The van der Waals surface area contributed by atoms with Crippen molar-refractivity contribution in [1.82, 2.24) is 5.32 Å². The van der Waals surface area contributed by atoms with Gasteiger partial charge in [-0.05, 0) is 35.2 Å². The monoisotopic (exact) mass is 296 g/mol. The van der Waals surface area contributed by atoms with E-state index < -0.39 is 0 Å². The number of methoxy groups -OCH3 is 1. The minimum absolute atomic E-state index is 0.0125. The molecule has 1 aliphatic carbocycles. The first-order valence-electron chi connectivity index (χ1n) is 7.43. The number of carbonyl (C=O) groups is 1. The maximum Gasteiger partial charge on any atom is 0.224 e. The molecule has 0 bridgehead atoms. The molecule has 1 aliphatic rings. The molecule has 0 fully saturated rings. The molecule has 1 amide bonds. The summed E-state index contributed by atoms with van der Waals surface area (Å²) in [5.74, 6) is 0.747. The number of benzene rings is 2. The Bertz CT molecular complexity index is 684. The molecule has 2 atom stereocenters. The lowest BCUT2D eigenvalue weighted by Gasteiger charge is -2.18. The van der Waals surface area contributed by atoms with E-state index in [-0.39, 0.29) is 18.0 Å². The second-order valence-corrected chi connectivity index (χ2v) is 5.63. The molecule has 0 aromatic heterocycles. The average molecular weight is 296 g/mol. The number of nitrogens with one attached hydrogen (secondary N) is 1. The minimum Gasteiger partial charge on any atom is -0.497 e. The number of rotatable bonds is 4. The fraction of sp³-hybridized carbons (Fsp3) is 0.278. The number of nitrogens with two attached hydrogens (primary N) is 1. The lowest BCUT2D eigenvalue weighted by atomic mass is 10.1. The highest BCUT2D eigenvalue weighted by Crippen LogP contribution is 2.29. The van der Waals surface area contributed by atoms with Gasteiger partial charge in [-0.15, -0.1) is 0 Å². The van der Waals surface area contributed by atoms with Gasteiger partial charge < -0.3 is 15.8 Å². The van der Waals surface area contributed by atoms with E-state index in [1.54, 1.807) is 7.11 Å². The highest BCUT2D eigenvalue weighted by Gasteiger charge is 2.30. The van der Waals surface area contributed by atoms with Crippen molar-refractivity contribution in [3.63, 3.8) is 0 Å². The summed E-state index contributed by atoms with van der Waals surface area (Å²) in [6.45, 7) is 0. The van der Waals surface area contributed by atoms with E-state index in [1.807, 2.05) is 42.5 Å². The van der Waals surface area contributed by atoms with Gasteiger partial charge in [0, 0.05) is 0 Å². The van der Waals surface area contributed by atoms with Crippen molar-refractivity contribution in [2.45, 2.75) is 24.9 Å². The Labute approximate surface area is 130 Å². The summed E-state index contributed by atoms with van der Waals surface area (Å²) in [6, 6.07) is 15.5. The van der Waals surface area contributed by atoms with Gasteiger partial charge in [0.1, 0.15) is 5.75 Å². The number of amides is 1. The minimum atomic E-state index is -0.134. The summed E-state index contributed by atoms with van der Waals surface area (Å²) in [5, 5.41) is 3.06. The summed E-state index contributed by atoms with van der Waals surface area (Å²) >= 11 is 0. The molecule has 22 heavy (non-hydrogen) atoms. The Morgan fingerprint density at radius 3 is 2.86 bits per heavy atom. The molecular weight excluding hydrogens is 276 g/mol. The Morgan fingerprint density at radius 1 is 1.27 bits per heavy atom. The normalized spacial score (nSPS) is 19.5. The van der Waals surface area contributed by atoms with E-state index in [1.165, 1.54) is 5.56 Å². The van der Waals surface area contributed by atoms with Crippen molar-refractivity contribution in [1.29, 1.82) is 0 Å². The largest absolute Gasteiger partial charge is 0.497 e. The van der Waals surface area contributed by atoms with E-state index in [9.17, 15) is 4.79 Å². The number of fused-ring (bicyclic) bond motifs is 1. The van der Waals surface area contributed by atoms with Crippen molar-refractivity contribution in [2.75, 3.05) is 7.11 Å². The first-order valence-corrected chi connectivity index (χ1v) is 7.43. The maximum absolute atomic E-state index is 12.3. The van der Waals surface area contributed by atoms with Crippen LogP contribution in [0.1, 0.15) is 22.7 Å². The van der Waals surface area contributed by atoms with Gasteiger partial charge in [-0.2, -0.15) is 0 Å². The van der Waals surface area contributed by atoms with Gasteiger partial charge in [0.15, 0.2) is 0 Å². The first kappa shape index (κ1) is 14.6. The zero-order valence-electron chi connectivity index (χ0n) is 12.6. The van der Waals surface area contributed by atoms with Gasteiger partial charge in [-0.25, -0.2) is 0 Å². The molecule has 3 N–H and O–H groups in total. The third-order valence-electron chi connectivity index (χ3n) is 4.13. The van der Waals surface area contributed by atoms with Gasteiger partial charge in [-0.1, -0.05) is 36.4 Å². The second kappa shape index (κ2) is 6.20. The van der Waals surface area contributed by atoms with Gasteiger partial charge >= 0.3 is 0 Å². The number of carbonyl (C=O) groups excluding carboxylic acids is 1. The second-order valence-electron chi connectivity index (χ2n) is 5.63. The van der Waals surface area contributed by atoms with Gasteiger partial charge in [0.2, 0.25) is 5.91 Å². The van der Waals surface area contributed by atoms with E-state index in [4.69, 9.17) is 10.5 Å². The van der Waals surface area contributed by atoms with Crippen LogP contribution in [0.15, 0.2) is 48.5 Å². The Morgan fingerprint density at radius 2 is 2.09 bits per heavy atom. The summed E-state index contributed by atoms with van der Waals surface area (Å²) in [7, 11) is 1.62. The summed E-state index contributed by atoms with van der Waals surface area (Å²) in [4.78, 5) is 12.3. The smallest absolute Gasteiger partial charge is 0.224 e. The van der Waals surface area contributed by atoms with Crippen molar-refractivity contribution in [2.24, 2.45) is 5.73 Å². The molecule has 0 saturated heterocycles. The molecule has 2 aromatic carbocycles. The predicted octanol–water partition coefficient (Wildman–Crippen LogP) is 1.98. The molecule has 0 unspecified atom stereocenters. The van der Waals surface area contributed by atoms with Crippen molar-refractivity contribution in [3.05, 3.63) is 65.2 Å². The van der Waals surface area contributed by atoms with Crippen LogP contribution in [0, 0.1) is 0 Å². The van der Waals surface area contributed by atoms with Crippen LogP contribution in [-0.2, 0) is 17.6 Å². The third-order valence-corrected chi connectivity index (χ3v) is 4.13. The van der Waals surface area contributed by atoms with Crippen LogP contribution in [0.5, 0.6) is 5.75 Å². The summed E-state index contributed by atoms with van der Waals surface area (Å²) in [5.41, 5.74) is 9.53. The first-order chi connectivity index (χ1) is 10.7. The highest BCUT2D eigenvalue weighted by molar-refractivity contribution is 5.79. The van der Waals surface area contributed by atoms with Crippen molar-refractivity contribution >= 4 is 5.91 Å². The zero-order chi connectivity index (χ0) is 15.5. The molecule has 2 aromatic rings. The van der Waals surface area contributed by atoms with Crippen LogP contribution < -0.4 is 15.8 Å². The molecule has 0 saturated carbocycles. The van der Waals surface area contributed by atoms with Crippen LogP contribution in [0.3, 0.4) is 0 Å². The van der Waals surface area contributed by atoms with Gasteiger partial charge in [0.05, 0.1) is 25.6 Å². The van der Waals surface area contributed by atoms with E-state index in [0.29, 0.717) is 6.42 Å². The number of hydrogen-bond donors (Lipinski definition) is 2.